The fourth-order valence-electron chi connectivity index (χ4n) is 2.49. The van der Waals surface area contributed by atoms with E-state index in [1.165, 1.54) is 37.6 Å². The lowest BCUT2D eigenvalue weighted by molar-refractivity contribution is -0.384. The number of methoxy groups -OCH3 is 1. The van der Waals surface area contributed by atoms with Crippen LogP contribution in [0.3, 0.4) is 0 Å². The molecule has 3 aromatic carbocycles. The van der Waals surface area contributed by atoms with Gasteiger partial charge in [0.2, 0.25) is 0 Å². The summed E-state index contributed by atoms with van der Waals surface area (Å²) in [7, 11) is 1.41. The van der Waals surface area contributed by atoms with Gasteiger partial charge in [0.05, 0.1) is 18.2 Å². The molecule has 29 heavy (non-hydrogen) atoms. The van der Waals surface area contributed by atoms with Crippen LogP contribution < -0.4 is 9.47 Å². The topological polar surface area (TPSA) is 83.2 Å². The largest absolute Gasteiger partial charge is 0.496 e. The van der Waals surface area contributed by atoms with Gasteiger partial charge in [0.15, 0.2) is 11.6 Å². The first-order valence-corrected chi connectivity index (χ1v) is 8.56. The summed E-state index contributed by atoms with van der Waals surface area (Å²) in [6.07, 6.45) is 1.35. The first-order valence-electron chi connectivity index (χ1n) is 8.56. The van der Waals surface area contributed by atoms with Crippen LogP contribution in [0.25, 0.3) is 0 Å². The fraction of sp³-hybridized carbons (Fsp3) is 0.0952. The fourth-order valence-corrected chi connectivity index (χ4v) is 2.49. The number of oxime groups is 1. The zero-order chi connectivity index (χ0) is 20.6. The Labute approximate surface area is 166 Å². The molecule has 0 aromatic heterocycles. The Kier molecular flexibility index (Phi) is 6.36. The molecule has 3 rings (SSSR count). The molecule has 148 valence electrons. The maximum absolute atomic E-state index is 14.3. The summed E-state index contributed by atoms with van der Waals surface area (Å²) in [5.74, 6) is 0.171. The Bertz CT molecular complexity index is 1020. The first-order chi connectivity index (χ1) is 14.1. The van der Waals surface area contributed by atoms with E-state index in [0.717, 1.165) is 0 Å². The van der Waals surface area contributed by atoms with Crippen molar-refractivity contribution in [3.8, 4) is 17.2 Å². The van der Waals surface area contributed by atoms with E-state index in [-0.39, 0.29) is 23.8 Å². The minimum atomic E-state index is -0.583. The molecule has 0 radical (unpaired) electrons. The second kappa shape index (κ2) is 9.32. The zero-order valence-corrected chi connectivity index (χ0v) is 15.4. The lowest BCUT2D eigenvalue weighted by atomic mass is 10.2. The molecule has 0 heterocycles. The van der Waals surface area contributed by atoms with E-state index in [2.05, 4.69) is 5.16 Å². The van der Waals surface area contributed by atoms with Crippen LogP contribution in [-0.4, -0.2) is 18.2 Å². The number of benzene rings is 3. The average molecular weight is 396 g/mol. The second-order valence-corrected chi connectivity index (χ2v) is 5.87. The smallest absolute Gasteiger partial charge is 0.269 e. The van der Waals surface area contributed by atoms with Crippen LogP contribution in [0.5, 0.6) is 17.2 Å². The molecular formula is C21H17FN2O5. The van der Waals surface area contributed by atoms with Gasteiger partial charge in [0.1, 0.15) is 18.1 Å². The van der Waals surface area contributed by atoms with Crippen LogP contribution in [0.15, 0.2) is 71.9 Å². The van der Waals surface area contributed by atoms with Crippen LogP contribution in [0.2, 0.25) is 0 Å². The lowest BCUT2D eigenvalue weighted by Crippen LogP contribution is -1.97. The van der Waals surface area contributed by atoms with E-state index in [1.807, 2.05) is 6.07 Å². The molecule has 0 aliphatic rings. The number of halogens is 1. The summed E-state index contributed by atoms with van der Waals surface area (Å²) in [5, 5.41) is 14.7. The first kappa shape index (κ1) is 19.8. The van der Waals surface area contributed by atoms with Crippen molar-refractivity contribution in [3.63, 3.8) is 0 Å². The molecule has 0 fully saturated rings. The number of nitro benzene ring substituents is 1. The van der Waals surface area contributed by atoms with Crippen molar-refractivity contribution in [2.24, 2.45) is 5.16 Å². The van der Waals surface area contributed by atoms with E-state index in [1.54, 1.807) is 36.4 Å². The number of nitro groups is 1. The Morgan fingerprint density at radius 3 is 2.59 bits per heavy atom. The normalized spacial score (nSPS) is 10.7. The molecule has 0 aliphatic carbocycles. The van der Waals surface area contributed by atoms with Gasteiger partial charge in [-0.15, -0.1) is 0 Å². The molecule has 0 amide bonds. The third kappa shape index (κ3) is 5.29. The number of para-hydroxylation sites is 1. The number of nitrogens with zero attached hydrogens (tertiary/aromatic N) is 2. The average Bonchev–Trinajstić information content (AvgIpc) is 2.74. The molecule has 0 unspecified atom stereocenters. The number of rotatable bonds is 8. The highest BCUT2D eigenvalue weighted by atomic mass is 19.1. The Morgan fingerprint density at radius 2 is 1.86 bits per heavy atom. The van der Waals surface area contributed by atoms with Crippen molar-refractivity contribution in [2.75, 3.05) is 7.11 Å². The van der Waals surface area contributed by atoms with Gasteiger partial charge in [0, 0.05) is 23.8 Å². The minimum Gasteiger partial charge on any atom is -0.496 e. The van der Waals surface area contributed by atoms with Gasteiger partial charge < -0.3 is 14.3 Å². The molecule has 0 atom stereocenters. The summed E-state index contributed by atoms with van der Waals surface area (Å²) in [6, 6.07) is 17.5. The van der Waals surface area contributed by atoms with E-state index < -0.39 is 10.7 Å². The summed E-state index contributed by atoms with van der Waals surface area (Å²) < 4.78 is 25.0. The van der Waals surface area contributed by atoms with E-state index >= 15 is 0 Å². The van der Waals surface area contributed by atoms with Gasteiger partial charge in [-0.25, -0.2) is 4.39 Å². The van der Waals surface area contributed by atoms with E-state index in [0.29, 0.717) is 16.9 Å². The van der Waals surface area contributed by atoms with Crippen LogP contribution in [0.4, 0.5) is 10.1 Å². The van der Waals surface area contributed by atoms with Crippen LogP contribution in [-0.2, 0) is 11.4 Å². The van der Waals surface area contributed by atoms with Crippen LogP contribution >= 0.6 is 0 Å². The van der Waals surface area contributed by atoms with E-state index in [4.69, 9.17) is 14.3 Å². The van der Waals surface area contributed by atoms with Crippen LogP contribution in [0, 0.1) is 15.9 Å². The molecule has 0 spiro atoms. The van der Waals surface area contributed by atoms with Gasteiger partial charge in [-0.1, -0.05) is 35.5 Å². The highest BCUT2D eigenvalue weighted by molar-refractivity contribution is 5.84. The molecule has 3 aromatic rings. The molecule has 0 saturated carbocycles. The maximum atomic E-state index is 14.3. The zero-order valence-electron chi connectivity index (χ0n) is 15.4. The summed E-state index contributed by atoms with van der Waals surface area (Å²) >= 11 is 0. The maximum Gasteiger partial charge on any atom is 0.269 e. The third-order valence-corrected chi connectivity index (χ3v) is 3.87. The number of non-ortho nitro benzene ring substituents is 1. The molecule has 0 bridgehead atoms. The molecule has 0 saturated heterocycles. The van der Waals surface area contributed by atoms with Gasteiger partial charge >= 0.3 is 0 Å². The van der Waals surface area contributed by atoms with Crippen molar-refractivity contribution >= 4 is 11.9 Å². The molecule has 7 nitrogen and oxygen atoms in total. The quantitative estimate of drug-likeness (QED) is 0.301. The number of hydrogen-bond donors (Lipinski definition) is 0. The Hall–Kier alpha value is -3.94. The predicted molar refractivity (Wildman–Crippen MR) is 105 cm³/mol. The standard InChI is InChI=1S/C21H17FN2O5/c1-27-20-12-19(22)21(29-18-8-3-2-4-9-18)11-16(20)13-23-28-14-15-6-5-7-17(10-15)24(25)26/h2-13H,14H2,1H3/b23-13-. The van der Waals surface area contributed by atoms with Crippen molar-refractivity contribution in [2.45, 2.75) is 6.61 Å². The SMILES string of the molecule is COc1cc(F)c(Oc2ccccc2)cc1/C=N\OCc1cccc([N+](=O)[O-])c1. The Balaban J connectivity index is 1.72. The van der Waals surface area contributed by atoms with Gasteiger partial charge in [-0.05, 0) is 23.8 Å². The van der Waals surface area contributed by atoms with Crippen molar-refractivity contribution in [1.29, 1.82) is 0 Å². The lowest BCUT2D eigenvalue weighted by Gasteiger charge is -2.10. The molecule has 0 aliphatic heterocycles. The number of hydrogen-bond acceptors (Lipinski definition) is 6. The minimum absolute atomic E-state index is 0.0112. The monoisotopic (exact) mass is 396 g/mol. The van der Waals surface area contributed by atoms with Crippen LogP contribution in [0.1, 0.15) is 11.1 Å². The van der Waals surface area contributed by atoms with Gasteiger partial charge in [0.25, 0.3) is 5.69 Å². The molecular weight excluding hydrogens is 379 g/mol. The predicted octanol–water partition coefficient (Wildman–Crippen LogP) is 5.09. The van der Waals surface area contributed by atoms with Gasteiger partial charge in [-0.3, -0.25) is 10.1 Å². The summed E-state index contributed by atoms with van der Waals surface area (Å²) in [4.78, 5) is 15.5. The Morgan fingerprint density at radius 1 is 1.07 bits per heavy atom. The molecule has 8 heteroatoms. The second-order valence-electron chi connectivity index (χ2n) is 5.87. The third-order valence-electron chi connectivity index (χ3n) is 3.87. The van der Waals surface area contributed by atoms with Crippen molar-refractivity contribution in [3.05, 3.63) is 93.8 Å². The van der Waals surface area contributed by atoms with E-state index in [9.17, 15) is 14.5 Å². The highest BCUT2D eigenvalue weighted by Gasteiger charge is 2.12. The highest BCUT2D eigenvalue weighted by Crippen LogP contribution is 2.30. The van der Waals surface area contributed by atoms with Crippen molar-refractivity contribution in [1.82, 2.24) is 0 Å². The summed E-state index contributed by atoms with van der Waals surface area (Å²) in [6.45, 7) is 0.0368. The molecule has 0 N–H and O–H groups in total. The van der Waals surface area contributed by atoms with Gasteiger partial charge in [-0.2, -0.15) is 0 Å². The summed E-state index contributed by atoms with van der Waals surface area (Å²) in [5.41, 5.74) is 1.01. The number of ether oxygens (including phenoxy) is 2. The van der Waals surface area contributed by atoms with Crippen molar-refractivity contribution < 1.29 is 23.6 Å².